The lowest BCUT2D eigenvalue weighted by molar-refractivity contribution is -1.08. The zero-order chi connectivity index (χ0) is 15.8. The van der Waals surface area contributed by atoms with Crippen LogP contribution in [0.25, 0.3) is 0 Å². The van der Waals surface area contributed by atoms with Crippen LogP contribution in [-0.4, -0.2) is 31.9 Å². The number of hydrogen-bond donors (Lipinski definition) is 0. The van der Waals surface area contributed by atoms with Crippen molar-refractivity contribution in [2.75, 3.05) is 27.2 Å². The van der Waals surface area contributed by atoms with Gasteiger partial charge in [-0.05, 0) is 19.8 Å². The van der Waals surface area contributed by atoms with Gasteiger partial charge in [0.1, 0.15) is 13.2 Å². The third-order valence-corrected chi connectivity index (χ3v) is 4.28. The van der Waals surface area contributed by atoms with E-state index in [1.807, 2.05) is 0 Å². The van der Waals surface area contributed by atoms with Gasteiger partial charge in [0.25, 0.3) is 0 Å². The van der Waals surface area contributed by atoms with Crippen LogP contribution >= 0.6 is 0 Å². The van der Waals surface area contributed by atoms with Crippen LogP contribution in [0.2, 0.25) is 0 Å². The Hall–Kier alpha value is -0.0800. The Morgan fingerprint density at radius 3 is 1.33 bits per heavy atom. The van der Waals surface area contributed by atoms with Gasteiger partial charge in [-0.1, -0.05) is 77.6 Å². The van der Waals surface area contributed by atoms with Crippen LogP contribution < -0.4 is 0 Å². The Labute approximate surface area is 134 Å². The molecule has 0 aromatic heterocycles. The average molecular weight is 301 g/mol. The number of hydroxylamine groups is 3. The second-order valence-corrected chi connectivity index (χ2v) is 6.96. The summed E-state index contributed by atoms with van der Waals surface area (Å²) in [5, 5.41) is 0. The van der Waals surface area contributed by atoms with Gasteiger partial charge in [-0.2, -0.15) is 4.65 Å². The molecule has 0 atom stereocenters. The van der Waals surface area contributed by atoms with Gasteiger partial charge in [-0.3, -0.25) is 0 Å². The molecule has 0 radical (unpaired) electrons. The van der Waals surface area contributed by atoms with Crippen LogP contribution in [0.1, 0.15) is 97.3 Å². The third kappa shape index (κ3) is 16.1. The summed E-state index contributed by atoms with van der Waals surface area (Å²) in [5.74, 6) is 0. The molecule has 0 fully saturated rings. The Kier molecular flexibility index (Phi) is 14.8. The van der Waals surface area contributed by atoms with Crippen molar-refractivity contribution in [3.05, 3.63) is 0 Å². The van der Waals surface area contributed by atoms with E-state index in [2.05, 4.69) is 27.9 Å². The van der Waals surface area contributed by atoms with Crippen molar-refractivity contribution in [2.45, 2.75) is 97.3 Å². The maximum absolute atomic E-state index is 5.67. The van der Waals surface area contributed by atoms with Crippen molar-refractivity contribution in [1.82, 2.24) is 0 Å². The molecule has 2 heteroatoms. The van der Waals surface area contributed by atoms with E-state index in [1.165, 1.54) is 83.5 Å². The molecule has 21 heavy (non-hydrogen) atoms. The van der Waals surface area contributed by atoms with Crippen LogP contribution in [0.15, 0.2) is 0 Å². The first-order valence-electron chi connectivity index (χ1n) is 9.60. The van der Waals surface area contributed by atoms with Crippen LogP contribution in [0, 0.1) is 0 Å². The van der Waals surface area contributed by atoms with Gasteiger partial charge >= 0.3 is 0 Å². The number of quaternary nitrogens is 1. The van der Waals surface area contributed by atoms with Gasteiger partial charge in [-0.15, -0.1) is 0 Å². The summed E-state index contributed by atoms with van der Waals surface area (Å²) in [6.07, 6.45) is 18.5. The summed E-state index contributed by atoms with van der Waals surface area (Å²) in [6.45, 7) is 6.32. The Morgan fingerprint density at radius 2 is 0.952 bits per heavy atom. The van der Waals surface area contributed by atoms with Gasteiger partial charge < -0.3 is 0 Å². The van der Waals surface area contributed by atoms with E-state index in [0.717, 1.165) is 13.2 Å². The highest BCUT2D eigenvalue weighted by Gasteiger charge is 2.14. The molecule has 0 aromatic carbocycles. The molecule has 0 aliphatic carbocycles. The van der Waals surface area contributed by atoms with Crippen molar-refractivity contribution in [3.63, 3.8) is 0 Å². The second-order valence-electron chi connectivity index (χ2n) is 6.96. The molecule has 2 nitrogen and oxygen atoms in total. The van der Waals surface area contributed by atoms with E-state index >= 15 is 0 Å². The number of nitrogens with zero attached hydrogens (tertiary/aromatic N) is 1. The van der Waals surface area contributed by atoms with E-state index < -0.39 is 0 Å². The van der Waals surface area contributed by atoms with Crippen LogP contribution in [-0.2, 0) is 4.84 Å². The molecule has 0 unspecified atom stereocenters. The zero-order valence-electron chi connectivity index (χ0n) is 15.5. The Balaban J connectivity index is 3.12. The SMILES string of the molecule is CCCCCCCCCCCCCCC[N+](C)(C)OCC. The normalized spacial score (nSPS) is 12.0. The van der Waals surface area contributed by atoms with Crippen molar-refractivity contribution < 1.29 is 9.48 Å². The molecule has 0 aromatic rings. The maximum Gasteiger partial charge on any atom is 0.108 e. The van der Waals surface area contributed by atoms with E-state index in [0.29, 0.717) is 4.65 Å². The van der Waals surface area contributed by atoms with E-state index in [1.54, 1.807) is 0 Å². The summed E-state index contributed by atoms with van der Waals surface area (Å²) >= 11 is 0. The van der Waals surface area contributed by atoms with E-state index in [9.17, 15) is 0 Å². The minimum absolute atomic E-state index is 0.717. The highest BCUT2D eigenvalue weighted by molar-refractivity contribution is 4.48. The molecule has 0 aliphatic heterocycles. The Bertz CT molecular complexity index is 204. The lowest BCUT2D eigenvalue weighted by Gasteiger charge is -2.26. The smallest absolute Gasteiger partial charge is 0.108 e. The largest absolute Gasteiger partial charge is 0.204 e. The predicted octanol–water partition coefficient (Wildman–Crippen LogP) is 6.11. The number of unbranched alkanes of at least 4 members (excludes halogenated alkanes) is 12. The van der Waals surface area contributed by atoms with Gasteiger partial charge in [-0.25, -0.2) is 4.84 Å². The van der Waals surface area contributed by atoms with Gasteiger partial charge in [0.2, 0.25) is 0 Å². The monoisotopic (exact) mass is 300 g/mol. The van der Waals surface area contributed by atoms with E-state index in [4.69, 9.17) is 4.84 Å². The molecule has 0 rings (SSSR count). The van der Waals surface area contributed by atoms with Crippen molar-refractivity contribution in [3.8, 4) is 0 Å². The molecular weight excluding hydrogens is 258 g/mol. The molecule has 128 valence electrons. The number of hydrogen-bond acceptors (Lipinski definition) is 1. The van der Waals surface area contributed by atoms with Gasteiger partial charge in [0.05, 0.1) is 14.1 Å². The fourth-order valence-corrected chi connectivity index (χ4v) is 2.92. The summed E-state index contributed by atoms with van der Waals surface area (Å²) in [7, 11) is 4.31. The third-order valence-electron chi connectivity index (χ3n) is 4.28. The molecule has 0 bridgehead atoms. The Morgan fingerprint density at radius 1 is 0.571 bits per heavy atom. The quantitative estimate of drug-likeness (QED) is 0.190. The first-order chi connectivity index (χ1) is 10.1. The minimum atomic E-state index is 0.717. The highest BCUT2D eigenvalue weighted by atomic mass is 16.7. The molecule has 0 saturated heterocycles. The molecule has 0 amide bonds. The fraction of sp³-hybridized carbons (Fsp3) is 1.00. The molecule has 0 N–H and O–H groups in total. The second kappa shape index (κ2) is 14.8. The zero-order valence-corrected chi connectivity index (χ0v) is 15.5. The summed E-state index contributed by atoms with van der Waals surface area (Å²) < 4.78 is 0.717. The van der Waals surface area contributed by atoms with Crippen LogP contribution in [0.4, 0.5) is 0 Å². The lowest BCUT2D eigenvalue weighted by atomic mass is 10.0. The van der Waals surface area contributed by atoms with Crippen LogP contribution in [0.3, 0.4) is 0 Å². The summed E-state index contributed by atoms with van der Waals surface area (Å²) in [4.78, 5) is 5.67. The first kappa shape index (κ1) is 20.9. The average Bonchev–Trinajstić information content (AvgIpc) is 2.44. The van der Waals surface area contributed by atoms with E-state index in [-0.39, 0.29) is 0 Å². The van der Waals surface area contributed by atoms with Crippen molar-refractivity contribution >= 4 is 0 Å². The van der Waals surface area contributed by atoms with Gasteiger partial charge in [0, 0.05) is 0 Å². The molecular formula is C19H42NO+. The van der Waals surface area contributed by atoms with Crippen molar-refractivity contribution in [2.24, 2.45) is 0 Å². The van der Waals surface area contributed by atoms with Crippen LogP contribution in [0.5, 0.6) is 0 Å². The topological polar surface area (TPSA) is 9.23 Å². The number of rotatable bonds is 16. The summed E-state index contributed by atoms with van der Waals surface area (Å²) in [6, 6.07) is 0. The standard InChI is InChI=1S/C19H42NO/c1-5-7-8-9-10-11-12-13-14-15-16-17-18-19-20(3,4)21-6-2/h5-19H2,1-4H3/q+1. The predicted molar refractivity (Wildman–Crippen MR) is 94.3 cm³/mol. The highest BCUT2D eigenvalue weighted by Crippen LogP contribution is 2.13. The molecule has 0 heterocycles. The van der Waals surface area contributed by atoms with Crippen molar-refractivity contribution in [1.29, 1.82) is 0 Å². The first-order valence-corrected chi connectivity index (χ1v) is 9.60. The fourth-order valence-electron chi connectivity index (χ4n) is 2.92. The molecule has 0 spiro atoms. The molecule has 0 saturated carbocycles. The maximum atomic E-state index is 5.67. The van der Waals surface area contributed by atoms with Gasteiger partial charge in [0.15, 0.2) is 0 Å². The lowest BCUT2D eigenvalue weighted by Crippen LogP contribution is -2.40. The summed E-state index contributed by atoms with van der Waals surface area (Å²) in [5.41, 5.74) is 0. The minimum Gasteiger partial charge on any atom is -0.204 e. The molecule has 0 aliphatic rings.